The molecule has 0 saturated heterocycles. The number of halogens is 3. The second-order valence-electron chi connectivity index (χ2n) is 7.98. The molecule has 0 radical (unpaired) electrons. The monoisotopic (exact) mass is 457 g/mol. The predicted octanol–water partition coefficient (Wildman–Crippen LogP) is 4.16. The summed E-state index contributed by atoms with van der Waals surface area (Å²) in [6.07, 6.45) is -3.56. The molecule has 0 bridgehead atoms. The Morgan fingerprint density at radius 1 is 1.28 bits per heavy atom. The molecule has 0 saturated carbocycles. The molecule has 0 atom stereocenters. The normalized spacial score (nSPS) is 12.0. The van der Waals surface area contributed by atoms with Gasteiger partial charge >= 0.3 is 11.9 Å². The fourth-order valence-corrected chi connectivity index (χ4v) is 3.38. The first-order valence-electron chi connectivity index (χ1n) is 9.66. The number of nitrogens with zero attached hydrogens (tertiary/aromatic N) is 4. The summed E-state index contributed by atoms with van der Waals surface area (Å²) in [4.78, 5) is 20.3. The van der Waals surface area contributed by atoms with Gasteiger partial charge in [0.1, 0.15) is 11.3 Å². The largest absolute Gasteiger partial charge is 0.478 e. The third kappa shape index (κ3) is 5.75. The van der Waals surface area contributed by atoms with Gasteiger partial charge in [0, 0.05) is 37.9 Å². The highest BCUT2D eigenvalue weighted by Gasteiger charge is 2.36. The molecule has 2 heterocycles. The van der Waals surface area contributed by atoms with Crippen LogP contribution in [0.25, 0.3) is 11.3 Å². The molecule has 2 aromatic rings. The Labute approximate surface area is 183 Å². The molecule has 0 aliphatic rings. The van der Waals surface area contributed by atoms with Crippen LogP contribution < -0.4 is 15.4 Å². The average Bonchev–Trinajstić information content (AvgIpc) is 2.66. The average molecular weight is 457 g/mol. The minimum Gasteiger partial charge on any atom is -0.478 e. The molecular formula is C20H26F3N5O4. The van der Waals surface area contributed by atoms with E-state index in [0.29, 0.717) is 13.2 Å². The van der Waals surface area contributed by atoms with Crippen molar-refractivity contribution in [2.75, 3.05) is 44.5 Å². The van der Waals surface area contributed by atoms with Crippen LogP contribution in [0.4, 0.5) is 30.4 Å². The van der Waals surface area contributed by atoms with Crippen LogP contribution in [0.1, 0.15) is 26.3 Å². The smallest absolute Gasteiger partial charge is 0.421 e. The Morgan fingerprint density at radius 3 is 2.47 bits per heavy atom. The molecule has 2 aromatic heterocycles. The van der Waals surface area contributed by atoms with E-state index in [1.165, 1.54) is 6.07 Å². The van der Waals surface area contributed by atoms with Crippen LogP contribution >= 0.6 is 0 Å². The van der Waals surface area contributed by atoms with E-state index in [1.807, 2.05) is 13.8 Å². The number of hydrogen-bond donors (Lipinski definition) is 1. The van der Waals surface area contributed by atoms with E-state index in [0.717, 1.165) is 12.3 Å². The Bertz CT molecular complexity index is 982. The van der Waals surface area contributed by atoms with Gasteiger partial charge < -0.3 is 20.1 Å². The lowest BCUT2D eigenvalue weighted by molar-refractivity contribution is -0.383. The fourth-order valence-electron chi connectivity index (χ4n) is 3.38. The summed E-state index contributed by atoms with van der Waals surface area (Å²) in [6.45, 7) is 6.11. The van der Waals surface area contributed by atoms with Crippen LogP contribution in [0.3, 0.4) is 0 Å². The third-order valence-corrected chi connectivity index (χ3v) is 4.53. The Morgan fingerprint density at radius 2 is 1.94 bits per heavy atom. The van der Waals surface area contributed by atoms with Crippen molar-refractivity contribution in [3.05, 3.63) is 34.0 Å². The molecule has 12 heteroatoms. The van der Waals surface area contributed by atoms with Crippen molar-refractivity contribution in [1.29, 1.82) is 0 Å². The van der Waals surface area contributed by atoms with Gasteiger partial charge in [0.2, 0.25) is 11.7 Å². The zero-order chi connectivity index (χ0) is 24.3. The molecule has 0 unspecified atom stereocenters. The van der Waals surface area contributed by atoms with Crippen LogP contribution in [0.5, 0.6) is 5.88 Å². The number of aromatic nitrogens is 2. The van der Waals surface area contributed by atoms with Crippen LogP contribution in [-0.4, -0.2) is 48.8 Å². The highest BCUT2D eigenvalue weighted by atomic mass is 19.4. The van der Waals surface area contributed by atoms with E-state index < -0.39 is 34.0 Å². The molecule has 2 N–H and O–H groups in total. The lowest BCUT2D eigenvalue weighted by Gasteiger charge is -2.31. The van der Waals surface area contributed by atoms with Gasteiger partial charge in [-0.05, 0) is 19.1 Å². The number of pyridine rings is 2. The van der Waals surface area contributed by atoms with Gasteiger partial charge in [0.05, 0.1) is 23.8 Å². The lowest BCUT2D eigenvalue weighted by atomic mass is 9.94. The summed E-state index contributed by atoms with van der Waals surface area (Å²) < 4.78 is 50.7. The summed E-state index contributed by atoms with van der Waals surface area (Å²) in [6, 6.07) is 2.17. The maximum absolute atomic E-state index is 13.5. The second-order valence-corrected chi connectivity index (χ2v) is 7.98. The van der Waals surface area contributed by atoms with E-state index in [1.54, 1.807) is 26.0 Å². The molecule has 2 rings (SSSR count). The summed E-state index contributed by atoms with van der Waals surface area (Å²) in [5.41, 5.74) is 4.09. The summed E-state index contributed by atoms with van der Waals surface area (Å²) in [5, 5.41) is 11.6. The topological polar surface area (TPSA) is 117 Å². The highest BCUT2D eigenvalue weighted by molar-refractivity contribution is 5.79. The summed E-state index contributed by atoms with van der Waals surface area (Å²) in [5.74, 6) is -0.973. The zero-order valence-electron chi connectivity index (χ0n) is 18.5. The van der Waals surface area contributed by atoms with Crippen LogP contribution in [0.15, 0.2) is 18.3 Å². The summed E-state index contributed by atoms with van der Waals surface area (Å²) >= 11 is 0. The van der Waals surface area contributed by atoms with E-state index >= 15 is 0 Å². The van der Waals surface area contributed by atoms with E-state index in [2.05, 4.69) is 9.97 Å². The molecule has 32 heavy (non-hydrogen) atoms. The van der Waals surface area contributed by atoms with E-state index in [-0.39, 0.29) is 29.0 Å². The van der Waals surface area contributed by atoms with Crippen LogP contribution in [0.2, 0.25) is 0 Å². The Kier molecular flexibility index (Phi) is 7.50. The predicted molar refractivity (Wildman–Crippen MR) is 114 cm³/mol. The lowest BCUT2D eigenvalue weighted by Crippen LogP contribution is -2.35. The molecule has 0 aliphatic carbocycles. The van der Waals surface area contributed by atoms with Gasteiger partial charge in [-0.1, -0.05) is 13.8 Å². The second kappa shape index (κ2) is 9.55. The molecule has 176 valence electrons. The van der Waals surface area contributed by atoms with Crippen molar-refractivity contribution in [3.8, 4) is 17.1 Å². The van der Waals surface area contributed by atoms with Gasteiger partial charge in [-0.2, -0.15) is 13.2 Å². The number of rotatable bonds is 9. The number of nitrogen functional groups attached to an aromatic ring is 1. The first-order chi connectivity index (χ1) is 14.8. The maximum atomic E-state index is 13.5. The quantitative estimate of drug-likeness (QED) is 0.441. The van der Waals surface area contributed by atoms with E-state index in [4.69, 9.17) is 15.2 Å². The van der Waals surface area contributed by atoms with Crippen molar-refractivity contribution in [2.45, 2.75) is 26.9 Å². The molecule has 0 spiro atoms. The van der Waals surface area contributed by atoms with Crippen molar-refractivity contribution >= 4 is 17.2 Å². The third-order valence-electron chi connectivity index (χ3n) is 4.53. The van der Waals surface area contributed by atoms with Crippen LogP contribution in [0, 0.1) is 15.5 Å². The summed E-state index contributed by atoms with van der Waals surface area (Å²) in [7, 11) is 3.17. The molecular weight excluding hydrogens is 431 g/mol. The number of alkyl halides is 3. The minimum atomic E-state index is -4.72. The van der Waals surface area contributed by atoms with Crippen molar-refractivity contribution in [2.24, 2.45) is 5.41 Å². The van der Waals surface area contributed by atoms with Crippen molar-refractivity contribution in [3.63, 3.8) is 0 Å². The zero-order valence-corrected chi connectivity index (χ0v) is 18.5. The molecule has 0 amide bonds. The Balaban J connectivity index is 2.63. The molecule has 0 aromatic carbocycles. The van der Waals surface area contributed by atoms with Crippen molar-refractivity contribution in [1.82, 2.24) is 9.97 Å². The first kappa shape index (κ1) is 25.1. The van der Waals surface area contributed by atoms with Gasteiger partial charge in [-0.25, -0.2) is 9.97 Å². The number of ether oxygens (including phenoxy) is 2. The Hall–Kier alpha value is -3.15. The van der Waals surface area contributed by atoms with Crippen molar-refractivity contribution < 1.29 is 27.6 Å². The number of hydrogen-bond acceptors (Lipinski definition) is 8. The van der Waals surface area contributed by atoms with Gasteiger partial charge in [-0.3, -0.25) is 10.1 Å². The molecule has 9 nitrogen and oxygen atoms in total. The number of anilines is 2. The standard InChI is InChI=1S/C20H26F3N5O4/c1-6-32-18-13(20(21,22)23)7-12(9-25-18)14-8-15(16(28(29)30)17(24)26-14)27(4)10-19(2,3)11-31-5/h7-9H,6,10-11H2,1-5H3,(H2,24,26). The molecule has 0 fully saturated rings. The number of nitrogens with two attached hydrogens (primary N) is 1. The van der Waals surface area contributed by atoms with Gasteiger partial charge in [0.15, 0.2) is 0 Å². The SMILES string of the molecule is CCOc1ncc(-c2cc(N(C)CC(C)(C)COC)c([N+](=O)[O-])c(N)n2)cc1C(F)(F)F. The van der Waals surface area contributed by atoms with E-state index in [9.17, 15) is 23.3 Å². The maximum Gasteiger partial charge on any atom is 0.421 e. The highest BCUT2D eigenvalue weighted by Crippen LogP contribution is 2.40. The molecule has 0 aliphatic heterocycles. The van der Waals surface area contributed by atoms with Gasteiger partial charge in [-0.15, -0.1) is 0 Å². The van der Waals surface area contributed by atoms with Crippen LogP contribution in [-0.2, 0) is 10.9 Å². The fraction of sp³-hybridized carbons (Fsp3) is 0.500. The minimum absolute atomic E-state index is 0.00432. The first-order valence-corrected chi connectivity index (χ1v) is 9.66. The van der Waals surface area contributed by atoms with Gasteiger partial charge in [0.25, 0.3) is 0 Å². The number of nitro groups is 1. The number of methoxy groups -OCH3 is 1.